The first-order valence-electron chi connectivity index (χ1n) is 4.79. The molecule has 0 amide bonds. The Hall–Kier alpha value is -1.90. The van der Waals surface area contributed by atoms with Crippen molar-refractivity contribution >= 4 is 22.8 Å². The fourth-order valence-corrected chi connectivity index (χ4v) is 1.56. The highest BCUT2D eigenvalue weighted by atomic mass is 16.1. The molecule has 0 saturated carbocycles. The number of carbonyl (C=O) groups excluding carboxylic acids is 1. The Morgan fingerprint density at radius 2 is 2.13 bits per heavy atom. The van der Waals surface area contributed by atoms with E-state index in [4.69, 9.17) is 0 Å². The number of aryl methyl sites for hydroxylation is 1. The molecule has 15 heavy (non-hydrogen) atoms. The van der Waals surface area contributed by atoms with Gasteiger partial charge in [-0.2, -0.15) is 5.10 Å². The monoisotopic (exact) mass is 200 g/mol. The van der Waals surface area contributed by atoms with Crippen LogP contribution in [-0.2, 0) is 11.8 Å². The van der Waals surface area contributed by atoms with Gasteiger partial charge in [0.1, 0.15) is 0 Å². The van der Waals surface area contributed by atoms with Crippen molar-refractivity contribution in [3.8, 4) is 0 Å². The third kappa shape index (κ3) is 1.81. The average Bonchev–Trinajstić information content (AvgIpc) is 2.54. The molecule has 3 heteroatoms. The number of para-hydroxylation sites is 1. The summed E-state index contributed by atoms with van der Waals surface area (Å²) in [5.74, 6) is 0.0322. The molecule has 0 aliphatic rings. The van der Waals surface area contributed by atoms with Gasteiger partial charge >= 0.3 is 0 Å². The van der Waals surface area contributed by atoms with Crippen molar-refractivity contribution in [1.82, 2.24) is 9.78 Å². The molecule has 0 aliphatic carbocycles. The van der Waals surface area contributed by atoms with Crippen molar-refractivity contribution in [3.63, 3.8) is 0 Å². The minimum Gasteiger partial charge on any atom is -0.295 e. The number of carbonyl (C=O) groups is 1. The molecule has 0 unspecified atom stereocenters. The zero-order valence-electron chi connectivity index (χ0n) is 8.77. The number of allylic oxidation sites excluding steroid dienone is 1. The number of hydrogen-bond acceptors (Lipinski definition) is 2. The molecular weight excluding hydrogens is 188 g/mol. The molecule has 0 fully saturated rings. The third-order valence-electron chi connectivity index (χ3n) is 2.26. The molecular formula is C12H12N2O. The third-order valence-corrected chi connectivity index (χ3v) is 2.26. The molecule has 2 aromatic rings. The molecule has 0 spiro atoms. The first-order chi connectivity index (χ1) is 7.18. The van der Waals surface area contributed by atoms with Crippen molar-refractivity contribution in [3.05, 3.63) is 36.0 Å². The summed E-state index contributed by atoms with van der Waals surface area (Å²) in [4.78, 5) is 10.8. The maximum Gasteiger partial charge on any atom is 0.152 e. The molecule has 0 bridgehead atoms. The minimum absolute atomic E-state index is 0.0322. The van der Waals surface area contributed by atoms with Crippen LogP contribution in [0.25, 0.3) is 17.0 Å². The van der Waals surface area contributed by atoms with Crippen LogP contribution in [0.2, 0.25) is 0 Å². The zero-order chi connectivity index (χ0) is 10.8. The Morgan fingerprint density at radius 1 is 1.40 bits per heavy atom. The summed E-state index contributed by atoms with van der Waals surface area (Å²) in [6.45, 7) is 1.53. The summed E-state index contributed by atoms with van der Waals surface area (Å²) in [5, 5.41) is 5.41. The molecule has 0 atom stereocenters. The van der Waals surface area contributed by atoms with Crippen molar-refractivity contribution in [1.29, 1.82) is 0 Å². The number of rotatable bonds is 2. The van der Waals surface area contributed by atoms with E-state index in [1.165, 1.54) is 13.0 Å². The fraction of sp³-hybridized carbons (Fsp3) is 0.167. The Bertz CT molecular complexity index is 538. The Morgan fingerprint density at radius 3 is 2.87 bits per heavy atom. The van der Waals surface area contributed by atoms with E-state index in [0.717, 1.165) is 16.6 Å². The van der Waals surface area contributed by atoms with Crippen LogP contribution in [0.1, 0.15) is 12.6 Å². The lowest BCUT2D eigenvalue weighted by molar-refractivity contribution is -0.112. The Balaban J connectivity index is 2.57. The standard InChI is InChI=1S/C12H12N2O/c1-9(15)7-8-11-10-5-3-4-6-12(10)14(2)13-11/h3-8H,1-2H3/b8-7+. The lowest BCUT2D eigenvalue weighted by Gasteiger charge is -1.90. The quantitative estimate of drug-likeness (QED) is 0.696. The minimum atomic E-state index is 0.0322. The highest BCUT2D eigenvalue weighted by Crippen LogP contribution is 2.18. The second kappa shape index (κ2) is 3.69. The van der Waals surface area contributed by atoms with Crippen molar-refractivity contribution in [2.24, 2.45) is 7.05 Å². The molecule has 0 radical (unpaired) electrons. The highest BCUT2D eigenvalue weighted by molar-refractivity contribution is 5.95. The average molecular weight is 200 g/mol. The SMILES string of the molecule is CC(=O)/C=C/c1nn(C)c2ccccc12. The summed E-state index contributed by atoms with van der Waals surface area (Å²) < 4.78 is 1.81. The van der Waals surface area contributed by atoms with Crippen LogP contribution in [0.3, 0.4) is 0 Å². The van der Waals surface area contributed by atoms with Gasteiger partial charge in [0.15, 0.2) is 5.78 Å². The highest BCUT2D eigenvalue weighted by Gasteiger charge is 2.04. The molecule has 0 saturated heterocycles. The van der Waals surface area contributed by atoms with Crippen molar-refractivity contribution in [2.45, 2.75) is 6.92 Å². The predicted octanol–water partition coefficient (Wildman–Crippen LogP) is 2.18. The Labute approximate surface area is 88.0 Å². The van der Waals surface area contributed by atoms with Crippen molar-refractivity contribution in [2.75, 3.05) is 0 Å². The molecule has 1 aromatic heterocycles. The normalized spacial score (nSPS) is 11.3. The van der Waals surface area contributed by atoms with Gasteiger partial charge in [-0.25, -0.2) is 0 Å². The summed E-state index contributed by atoms with van der Waals surface area (Å²) in [6, 6.07) is 7.95. The van der Waals surface area contributed by atoms with Crippen LogP contribution in [0, 0.1) is 0 Å². The van der Waals surface area contributed by atoms with Gasteiger partial charge in [-0.3, -0.25) is 9.48 Å². The maximum atomic E-state index is 10.8. The van der Waals surface area contributed by atoms with Gasteiger partial charge in [0.25, 0.3) is 0 Å². The second-order valence-corrected chi connectivity index (χ2v) is 3.47. The van der Waals surface area contributed by atoms with Crippen LogP contribution in [0.4, 0.5) is 0 Å². The van der Waals surface area contributed by atoms with Gasteiger partial charge in [-0.05, 0) is 25.1 Å². The van der Waals surface area contributed by atoms with E-state index in [1.54, 1.807) is 6.08 Å². The first kappa shape index (κ1) is 9.65. The van der Waals surface area contributed by atoms with E-state index in [0.29, 0.717) is 0 Å². The second-order valence-electron chi connectivity index (χ2n) is 3.47. The number of benzene rings is 1. The van der Waals surface area contributed by atoms with Gasteiger partial charge in [0, 0.05) is 12.4 Å². The van der Waals surface area contributed by atoms with Gasteiger partial charge in [0.2, 0.25) is 0 Å². The summed E-state index contributed by atoms with van der Waals surface area (Å²) in [5.41, 5.74) is 1.91. The van der Waals surface area contributed by atoms with Gasteiger partial charge < -0.3 is 0 Å². The summed E-state index contributed by atoms with van der Waals surface area (Å²) in [7, 11) is 1.90. The maximum absolute atomic E-state index is 10.8. The molecule has 1 heterocycles. The van der Waals surface area contributed by atoms with Gasteiger partial charge in [-0.15, -0.1) is 0 Å². The predicted molar refractivity (Wildman–Crippen MR) is 60.4 cm³/mol. The van der Waals surface area contributed by atoms with E-state index in [1.807, 2.05) is 36.0 Å². The molecule has 0 aliphatic heterocycles. The van der Waals surface area contributed by atoms with E-state index < -0.39 is 0 Å². The van der Waals surface area contributed by atoms with E-state index in [-0.39, 0.29) is 5.78 Å². The lowest BCUT2D eigenvalue weighted by atomic mass is 10.2. The van der Waals surface area contributed by atoms with Crippen LogP contribution < -0.4 is 0 Å². The van der Waals surface area contributed by atoms with Gasteiger partial charge in [-0.1, -0.05) is 18.2 Å². The number of nitrogens with zero attached hydrogens (tertiary/aromatic N) is 2. The van der Waals surface area contributed by atoms with E-state index in [2.05, 4.69) is 5.10 Å². The molecule has 2 rings (SSSR count). The Kier molecular flexibility index (Phi) is 2.37. The smallest absolute Gasteiger partial charge is 0.152 e. The number of ketones is 1. The van der Waals surface area contributed by atoms with Crippen LogP contribution >= 0.6 is 0 Å². The van der Waals surface area contributed by atoms with Crippen LogP contribution in [0.15, 0.2) is 30.3 Å². The molecule has 0 N–H and O–H groups in total. The topological polar surface area (TPSA) is 34.9 Å². The fourth-order valence-electron chi connectivity index (χ4n) is 1.56. The van der Waals surface area contributed by atoms with Crippen molar-refractivity contribution < 1.29 is 4.79 Å². The van der Waals surface area contributed by atoms with E-state index in [9.17, 15) is 4.79 Å². The first-order valence-corrected chi connectivity index (χ1v) is 4.79. The number of hydrogen-bond donors (Lipinski definition) is 0. The lowest BCUT2D eigenvalue weighted by Crippen LogP contribution is -1.89. The zero-order valence-corrected chi connectivity index (χ0v) is 8.77. The summed E-state index contributed by atoms with van der Waals surface area (Å²) in [6.07, 6.45) is 3.29. The summed E-state index contributed by atoms with van der Waals surface area (Å²) >= 11 is 0. The van der Waals surface area contributed by atoms with Crippen LogP contribution in [0.5, 0.6) is 0 Å². The number of fused-ring (bicyclic) bond motifs is 1. The molecule has 1 aromatic carbocycles. The largest absolute Gasteiger partial charge is 0.295 e. The molecule has 3 nitrogen and oxygen atoms in total. The van der Waals surface area contributed by atoms with Gasteiger partial charge in [0.05, 0.1) is 11.2 Å². The number of aromatic nitrogens is 2. The van der Waals surface area contributed by atoms with E-state index >= 15 is 0 Å². The molecule has 76 valence electrons. The van der Waals surface area contributed by atoms with Crippen LogP contribution in [-0.4, -0.2) is 15.6 Å².